The van der Waals surface area contributed by atoms with Crippen molar-refractivity contribution in [1.82, 2.24) is 0 Å². The lowest BCUT2D eigenvalue weighted by atomic mass is 9.95. The van der Waals surface area contributed by atoms with Gasteiger partial charge in [-0.3, -0.25) is 10.1 Å². The van der Waals surface area contributed by atoms with Gasteiger partial charge in [0, 0.05) is 16.8 Å². The molecule has 0 aliphatic heterocycles. The Morgan fingerprint density at radius 3 is 1.68 bits per heavy atom. The number of anilines is 2. The van der Waals surface area contributed by atoms with E-state index >= 15 is 0 Å². The molecule has 0 radical (unpaired) electrons. The molecule has 0 saturated heterocycles. The first kappa shape index (κ1) is 24.4. The Hall–Kier alpha value is -2.86. The van der Waals surface area contributed by atoms with Crippen molar-refractivity contribution in [3.8, 4) is 0 Å². The summed E-state index contributed by atoms with van der Waals surface area (Å²) in [7, 11) is 0. The third-order valence-electron chi connectivity index (χ3n) is 4.35. The maximum atomic E-state index is 12.1. The quantitative estimate of drug-likeness (QED) is 0.563. The highest BCUT2D eigenvalue weighted by Gasteiger charge is 2.21. The summed E-state index contributed by atoms with van der Waals surface area (Å²) < 4.78 is 10.6. The molecular weight excluding hydrogens is 392 g/mol. The largest absolute Gasteiger partial charge is 0.447 e. The number of ether oxygens (including phenoxy) is 2. The van der Waals surface area contributed by atoms with Crippen LogP contribution in [0.3, 0.4) is 0 Å². The lowest BCUT2D eigenvalue weighted by molar-refractivity contribution is -0.123. The lowest BCUT2D eigenvalue weighted by Crippen LogP contribution is -2.27. The molecule has 2 aromatic rings. The van der Waals surface area contributed by atoms with Crippen LogP contribution in [0, 0.1) is 5.41 Å². The number of hydrogen-bond acceptors (Lipinski definition) is 4. The van der Waals surface area contributed by atoms with Gasteiger partial charge in [0.05, 0.1) is 12.2 Å². The fraction of sp³-hybridized carbons (Fsp3) is 0.440. The van der Waals surface area contributed by atoms with Gasteiger partial charge in [0.2, 0.25) is 5.91 Å². The highest BCUT2D eigenvalue weighted by molar-refractivity contribution is 5.94. The second kappa shape index (κ2) is 10.4. The van der Waals surface area contributed by atoms with Crippen LogP contribution >= 0.6 is 0 Å². The van der Waals surface area contributed by atoms with Crippen LogP contribution in [0.5, 0.6) is 0 Å². The van der Waals surface area contributed by atoms with E-state index in [0.717, 1.165) is 23.2 Å². The zero-order valence-corrected chi connectivity index (χ0v) is 19.4. The average Bonchev–Trinajstić information content (AvgIpc) is 2.67. The molecular formula is C25H34N2O4. The van der Waals surface area contributed by atoms with Gasteiger partial charge in [-0.1, -0.05) is 45.0 Å². The minimum Gasteiger partial charge on any atom is -0.447 e. The van der Waals surface area contributed by atoms with E-state index in [0.29, 0.717) is 12.3 Å². The lowest BCUT2D eigenvalue weighted by Gasteiger charge is -2.19. The van der Waals surface area contributed by atoms with E-state index in [1.54, 1.807) is 0 Å². The van der Waals surface area contributed by atoms with E-state index in [9.17, 15) is 9.59 Å². The van der Waals surface area contributed by atoms with Crippen LogP contribution < -0.4 is 10.6 Å². The van der Waals surface area contributed by atoms with E-state index in [1.165, 1.54) is 0 Å². The highest BCUT2D eigenvalue weighted by Crippen LogP contribution is 2.19. The van der Waals surface area contributed by atoms with Gasteiger partial charge >= 0.3 is 6.09 Å². The second-order valence-electron chi connectivity index (χ2n) is 9.50. The van der Waals surface area contributed by atoms with Gasteiger partial charge in [0.25, 0.3) is 0 Å². The topological polar surface area (TPSA) is 76.7 Å². The predicted molar refractivity (Wildman–Crippen MR) is 124 cm³/mol. The molecule has 168 valence electrons. The highest BCUT2D eigenvalue weighted by atomic mass is 16.6. The van der Waals surface area contributed by atoms with Gasteiger partial charge in [-0.05, 0) is 62.6 Å². The van der Waals surface area contributed by atoms with E-state index in [-0.39, 0.29) is 18.1 Å². The van der Waals surface area contributed by atoms with Crippen LogP contribution in [-0.2, 0) is 20.7 Å². The fourth-order valence-electron chi connectivity index (χ4n) is 2.60. The molecule has 2 aromatic carbocycles. The molecule has 0 spiro atoms. The molecule has 0 aliphatic rings. The number of carbonyl (C=O) groups excluding carboxylic acids is 2. The van der Waals surface area contributed by atoms with Gasteiger partial charge in [0.1, 0.15) is 6.61 Å². The number of amides is 2. The molecule has 0 unspecified atom stereocenters. The molecule has 0 aromatic heterocycles. The van der Waals surface area contributed by atoms with Crippen molar-refractivity contribution in [2.75, 3.05) is 23.8 Å². The third-order valence-corrected chi connectivity index (χ3v) is 4.35. The van der Waals surface area contributed by atoms with Crippen LogP contribution in [0.4, 0.5) is 16.2 Å². The molecule has 0 heterocycles. The number of nitrogens with one attached hydrogen (secondary N) is 2. The Labute approximate surface area is 185 Å². The number of carbonyl (C=O) groups is 2. The number of rotatable bonds is 7. The monoisotopic (exact) mass is 426 g/mol. The van der Waals surface area contributed by atoms with Crippen LogP contribution in [0.15, 0.2) is 48.5 Å². The van der Waals surface area contributed by atoms with Gasteiger partial charge in [-0.15, -0.1) is 0 Å². The third kappa shape index (κ3) is 9.22. The summed E-state index contributed by atoms with van der Waals surface area (Å²) in [6, 6.07) is 15.5. The second-order valence-corrected chi connectivity index (χ2v) is 9.50. The van der Waals surface area contributed by atoms with E-state index < -0.39 is 11.5 Å². The molecule has 2 amide bonds. The minimum absolute atomic E-state index is 0.0106. The first-order chi connectivity index (χ1) is 14.4. The number of hydrogen-bond donors (Lipinski definition) is 2. The zero-order valence-electron chi connectivity index (χ0n) is 19.4. The van der Waals surface area contributed by atoms with E-state index in [1.807, 2.05) is 90.1 Å². The predicted octanol–water partition coefficient (Wildman–Crippen LogP) is 5.63. The van der Waals surface area contributed by atoms with E-state index in [2.05, 4.69) is 10.6 Å². The van der Waals surface area contributed by atoms with Crippen molar-refractivity contribution in [2.45, 2.75) is 53.6 Å². The standard InChI is InChI=1S/C25H34N2O4/c1-24(2,3)22(28)26-20-11-7-18(8-12-20)17-19-9-13-21(14-10-19)27-23(29)30-15-16-31-25(4,5)6/h7-14H,15-17H2,1-6H3,(H,26,28)(H,27,29). The summed E-state index contributed by atoms with van der Waals surface area (Å²) in [6.45, 7) is 12.1. The summed E-state index contributed by atoms with van der Waals surface area (Å²) in [4.78, 5) is 23.9. The molecule has 0 bridgehead atoms. The first-order valence-electron chi connectivity index (χ1n) is 10.5. The minimum atomic E-state index is -0.502. The van der Waals surface area contributed by atoms with Crippen molar-refractivity contribution in [2.24, 2.45) is 5.41 Å². The molecule has 0 atom stereocenters. The molecule has 0 aliphatic carbocycles. The van der Waals surface area contributed by atoms with Crippen LogP contribution in [0.25, 0.3) is 0 Å². The maximum absolute atomic E-state index is 12.1. The SMILES string of the molecule is CC(C)(C)OCCOC(=O)Nc1ccc(Cc2ccc(NC(=O)C(C)(C)C)cc2)cc1. The molecule has 31 heavy (non-hydrogen) atoms. The zero-order chi connectivity index (χ0) is 23.1. The molecule has 0 saturated carbocycles. The van der Waals surface area contributed by atoms with Gasteiger partial charge in [-0.2, -0.15) is 0 Å². The van der Waals surface area contributed by atoms with Crippen molar-refractivity contribution >= 4 is 23.4 Å². The molecule has 0 fully saturated rings. The van der Waals surface area contributed by atoms with Gasteiger partial charge in [0.15, 0.2) is 0 Å². The number of benzene rings is 2. The smallest absolute Gasteiger partial charge is 0.411 e. The average molecular weight is 427 g/mol. The van der Waals surface area contributed by atoms with Crippen LogP contribution in [-0.4, -0.2) is 30.8 Å². The van der Waals surface area contributed by atoms with Crippen molar-refractivity contribution in [1.29, 1.82) is 0 Å². The van der Waals surface area contributed by atoms with E-state index in [4.69, 9.17) is 9.47 Å². The maximum Gasteiger partial charge on any atom is 0.411 e. The Kier molecular flexibility index (Phi) is 8.22. The Bertz CT molecular complexity index is 860. The normalized spacial score (nSPS) is 11.7. The van der Waals surface area contributed by atoms with Crippen LogP contribution in [0.1, 0.15) is 52.7 Å². The summed E-state index contributed by atoms with van der Waals surface area (Å²) >= 11 is 0. The Morgan fingerprint density at radius 1 is 0.742 bits per heavy atom. The van der Waals surface area contributed by atoms with Crippen molar-refractivity contribution < 1.29 is 19.1 Å². The fourth-order valence-corrected chi connectivity index (χ4v) is 2.60. The summed E-state index contributed by atoms with van der Waals surface area (Å²) in [5.74, 6) is -0.0106. The van der Waals surface area contributed by atoms with Gasteiger partial charge < -0.3 is 14.8 Å². The Balaban J connectivity index is 1.81. The van der Waals surface area contributed by atoms with Crippen LogP contribution in [0.2, 0.25) is 0 Å². The first-order valence-corrected chi connectivity index (χ1v) is 10.5. The molecule has 6 nitrogen and oxygen atoms in total. The summed E-state index contributed by atoms with van der Waals surface area (Å²) in [6.07, 6.45) is 0.251. The molecule has 2 N–H and O–H groups in total. The summed E-state index contributed by atoms with van der Waals surface area (Å²) in [5.41, 5.74) is 3.02. The Morgan fingerprint density at radius 2 is 1.23 bits per heavy atom. The van der Waals surface area contributed by atoms with Gasteiger partial charge in [-0.25, -0.2) is 4.79 Å². The van der Waals surface area contributed by atoms with Crippen molar-refractivity contribution in [3.63, 3.8) is 0 Å². The molecule has 6 heteroatoms. The van der Waals surface area contributed by atoms with Crippen molar-refractivity contribution in [3.05, 3.63) is 59.7 Å². The summed E-state index contributed by atoms with van der Waals surface area (Å²) in [5, 5.41) is 5.64. The molecule has 2 rings (SSSR count).